The molecule has 0 saturated heterocycles. The Morgan fingerprint density at radius 3 is 1.88 bits per heavy atom. The molecule has 0 aromatic carbocycles. The molecule has 2 amide bonds. The number of aliphatic carboxylic acids is 1. The first kappa shape index (κ1) is 24.1. The van der Waals surface area contributed by atoms with E-state index in [4.69, 9.17) is 5.73 Å². The second kappa shape index (κ2) is 13.3. The number of nitrogens with one attached hydrogen (secondary N) is 2. The number of rotatable bonds is 13. The van der Waals surface area contributed by atoms with Gasteiger partial charge in [0, 0.05) is 0 Å². The Labute approximate surface area is 158 Å². The zero-order valence-electron chi connectivity index (χ0n) is 15.4. The van der Waals surface area contributed by atoms with Crippen LogP contribution in [0.25, 0.3) is 0 Å². The van der Waals surface area contributed by atoms with E-state index in [0.717, 1.165) is 0 Å². The van der Waals surface area contributed by atoms with Crippen molar-refractivity contribution in [2.45, 2.75) is 51.2 Å². The van der Waals surface area contributed by atoms with Crippen molar-refractivity contribution in [3.05, 3.63) is 0 Å². The van der Waals surface area contributed by atoms with Crippen molar-refractivity contribution in [1.82, 2.24) is 10.6 Å². The smallest absolute Gasteiger partial charge is 0.326 e. The third-order valence-electron chi connectivity index (χ3n) is 3.53. The number of carbonyl (C=O) groups excluding carboxylic acids is 2. The van der Waals surface area contributed by atoms with Crippen LogP contribution in [0.2, 0.25) is 0 Å². The zero-order chi connectivity index (χ0) is 19.4. The summed E-state index contributed by atoms with van der Waals surface area (Å²) in [5, 5.41) is 14.4. The predicted molar refractivity (Wildman–Crippen MR) is 105 cm³/mol. The SMILES string of the molecule is CSCC[C@H](NC(=O)[C@H](CCSC)NC(=O)[C@@H](N)CC(C)C)C(=O)O. The summed E-state index contributed by atoms with van der Waals surface area (Å²) in [6, 6.07) is -2.43. The van der Waals surface area contributed by atoms with Gasteiger partial charge in [0.1, 0.15) is 12.1 Å². The minimum absolute atomic E-state index is 0.266. The number of amides is 2. The van der Waals surface area contributed by atoms with E-state index in [1.165, 1.54) is 11.8 Å². The van der Waals surface area contributed by atoms with Gasteiger partial charge >= 0.3 is 5.97 Å². The number of carboxylic acids is 1. The van der Waals surface area contributed by atoms with Gasteiger partial charge in [0.05, 0.1) is 6.04 Å². The summed E-state index contributed by atoms with van der Waals surface area (Å²) in [6.45, 7) is 3.93. The maximum absolute atomic E-state index is 12.5. The molecule has 0 aromatic rings. The van der Waals surface area contributed by atoms with Gasteiger partial charge in [-0.2, -0.15) is 23.5 Å². The molecular formula is C16H31N3O4S2. The Morgan fingerprint density at radius 1 is 0.960 bits per heavy atom. The molecule has 3 atom stereocenters. The lowest BCUT2D eigenvalue weighted by Crippen LogP contribution is -2.54. The van der Waals surface area contributed by atoms with Crippen LogP contribution in [-0.2, 0) is 14.4 Å². The van der Waals surface area contributed by atoms with Crippen LogP contribution in [0, 0.1) is 5.92 Å². The molecule has 0 fully saturated rings. The first-order chi connectivity index (χ1) is 11.7. The predicted octanol–water partition coefficient (Wildman–Crippen LogP) is 0.920. The normalized spacial score (nSPS) is 14.6. The van der Waals surface area contributed by atoms with Crippen molar-refractivity contribution in [1.29, 1.82) is 0 Å². The second-order valence-electron chi connectivity index (χ2n) is 6.26. The molecule has 7 nitrogen and oxygen atoms in total. The molecular weight excluding hydrogens is 362 g/mol. The van der Waals surface area contributed by atoms with Crippen molar-refractivity contribution in [2.24, 2.45) is 11.7 Å². The Kier molecular flexibility index (Phi) is 12.8. The molecule has 0 heterocycles. The number of hydrogen-bond donors (Lipinski definition) is 4. The quantitative estimate of drug-likeness (QED) is 0.367. The van der Waals surface area contributed by atoms with Gasteiger partial charge in [-0.1, -0.05) is 13.8 Å². The molecule has 0 radical (unpaired) electrons. The molecule has 0 aromatic heterocycles. The minimum Gasteiger partial charge on any atom is -0.480 e. The summed E-state index contributed by atoms with van der Waals surface area (Å²) < 4.78 is 0. The summed E-state index contributed by atoms with van der Waals surface area (Å²) in [6.07, 6.45) is 5.05. The maximum atomic E-state index is 12.5. The van der Waals surface area contributed by atoms with Gasteiger partial charge in [-0.3, -0.25) is 9.59 Å². The summed E-state index contributed by atoms with van der Waals surface area (Å²) >= 11 is 3.06. The first-order valence-corrected chi connectivity index (χ1v) is 11.1. The Hall–Kier alpha value is -0.930. The van der Waals surface area contributed by atoms with E-state index in [-0.39, 0.29) is 11.8 Å². The molecule has 146 valence electrons. The van der Waals surface area contributed by atoms with Crippen LogP contribution in [0.1, 0.15) is 33.1 Å². The Bertz CT molecular complexity index is 436. The van der Waals surface area contributed by atoms with E-state index in [1.807, 2.05) is 26.4 Å². The van der Waals surface area contributed by atoms with E-state index in [0.29, 0.717) is 30.8 Å². The van der Waals surface area contributed by atoms with Crippen molar-refractivity contribution in [2.75, 3.05) is 24.0 Å². The van der Waals surface area contributed by atoms with Gasteiger partial charge in [-0.25, -0.2) is 4.79 Å². The van der Waals surface area contributed by atoms with Gasteiger partial charge in [-0.15, -0.1) is 0 Å². The maximum Gasteiger partial charge on any atom is 0.326 e. The van der Waals surface area contributed by atoms with Crippen LogP contribution in [0.5, 0.6) is 0 Å². The fourth-order valence-electron chi connectivity index (χ4n) is 2.16. The van der Waals surface area contributed by atoms with Gasteiger partial charge in [0.25, 0.3) is 0 Å². The fraction of sp³-hybridized carbons (Fsp3) is 0.812. The van der Waals surface area contributed by atoms with E-state index in [1.54, 1.807) is 11.8 Å². The molecule has 0 saturated carbocycles. The van der Waals surface area contributed by atoms with E-state index >= 15 is 0 Å². The fourth-order valence-corrected chi connectivity index (χ4v) is 3.11. The average Bonchev–Trinajstić information content (AvgIpc) is 2.53. The molecule has 0 rings (SSSR count). The Morgan fingerprint density at radius 2 is 1.44 bits per heavy atom. The van der Waals surface area contributed by atoms with E-state index < -0.39 is 30.0 Å². The van der Waals surface area contributed by atoms with Crippen LogP contribution in [-0.4, -0.2) is 65.0 Å². The summed E-state index contributed by atoms with van der Waals surface area (Å²) in [5.41, 5.74) is 5.86. The molecule has 9 heteroatoms. The number of nitrogens with two attached hydrogens (primary N) is 1. The third kappa shape index (κ3) is 10.6. The molecule has 0 aliphatic rings. The summed E-state index contributed by atoms with van der Waals surface area (Å²) in [7, 11) is 0. The number of thioether (sulfide) groups is 2. The van der Waals surface area contributed by atoms with Crippen molar-refractivity contribution in [3.8, 4) is 0 Å². The second-order valence-corrected chi connectivity index (χ2v) is 8.23. The summed E-state index contributed by atoms with van der Waals surface area (Å²) in [5.74, 6) is -0.381. The van der Waals surface area contributed by atoms with Crippen molar-refractivity contribution >= 4 is 41.3 Å². The van der Waals surface area contributed by atoms with Crippen LogP contribution < -0.4 is 16.4 Å². The average molecular weight is 394 g/mol. The first-order valence-electron chi connectivity index (χ1n) is 8.29. The Balaban J connectivity index is 4.89. The molecule has 0 bridgehead atoms. The van der Waals surface area contributed by atoms with Gasteiger partial charge < -0.3 is 21.5 Å². The van der Waals surface area contributed by atoms with Crippen LogP contribution in [0.15, 0.2) is 0 Å². The monoisotopic (exact) mass is 393 g/mol. The lowest BCUT2D eigenvalue weighted by molar-refractivity contribution is -0.142. The van der Waals surface area contributed by atoms with Crippen molar-refractivity contribution in [3.63, 3.8) is 0 Å². The van der Waals surface area contributed by atoms with E-state index in [9.17, 15) is 19.5 Å². The molecule has 0 aliphatic heterocycles. The molecule has 0 spiro atoms. The van der Waals surface area contributed by atoms with Gasteiger partial charge in [0.15, 0.2) is 0 Å². The van der Waals surface area contributed by atoms with Crippen LogP contribution in [0.3, 0.4) is 0 Å². The van der Waals surface area contributed by atoms with Crippen molar-refractivity contribution < 1.29 is 19.5 Å². The van der Waals surface area contributed by atoms with Crippen LogP contribution >= 0.6 is 23.5 Å². The number of hydrogen-bond acceptors (Lipinski definition) is 6. The minimum atomic E-state index is -1.08. The van der Waals surface area contributed by atoms with E-state index in [2.05, 4.69) is 10.6 Å². The lowest BCUT2D eigenvalue weighted by Gasteiger charge is -2.23. The van der Waals surface area contributed by atoms with Gasteiger partial charge in [-0.05, 0) is 49.2 Å². The topological polar surface area (TPSA) is 122 Å². The summed E-state index contributed by atoms with van der Waals surface area (Å²) in [4.78, 5) is 36.0. The molecule has 25 heavy (non-hydrogen) atoms. The highest BCUT2D eigenvalue weighted by molar-refractivity contribution is 7.98. The largest absolute Gasteiger partial charge is 0.480 e. The highest BCUT2D eigenvalue weighted by atomic mass is 32.2. The number of carboxylic acid groups (broad SMARTS) is 1. The highest BCUT2D eigenvalue weighted by Gasteiger charge is 2.27. The zero-order valence-corrected chi connectivity index (χ0v) is 17.0. The lowest BCUT2D eigenvalue weighted by atomic mass is 10.0. The standard InChI is InChI=1S/C16H31N3O4S2/c1-10(2)9-11(17)14(20)18-12(5-7-24-3)15(21)19-13(16(22)23)6-8-25-4/h10-13H,5-9,17H2,1-4H3,(H,18,20)(H,19,21)(H,22,23)/t11-,12-,13-/m0/s1. The third-order valence-corrected chi connectivity index (χ3v) is 4.82. The molecule has 5 N–H and O–H groups in total. The highest BCUT2D eigenvalue weighted by Crippen LogP contribution is 2.07. The molecule has 0 unspecified atom stereocenters. The van der Waals surface area contributed by atoms with Gasteiger partial charge in [0.2, 0.25) is 11.8 Å². The number of carbonyl (C=O) groups is 3. The van der Waals surface area contributed by atoms with Crippen LogP contribution in [0.4, 0.5) is 0 Å². The molecule has 0 aliphatic carbocycles.